The number of nitrogens with zero attached hydrogens (tertiary/aromatic N) is 2. The Balaban J connectivity index is 1.19. The second kappa shape index (κ2) is 9.41. The summed E-state index contributed by atoms with van der Waals surface area (Å²) in [6.07, 6.45) is 5.32. The minimum absolute atomic E-state index is 0.0129. The highest BCUT2D eigenvalue weighted by atomic mass is 16.5. The van der Waals surface area contributed by atoms with Crippen LogP contribution in [0.4, 0.5) is 5.69 Å². The highest BCUT2D eigenvalue weighted by Gasteiger charge is 2.35. The Morgan fingerprint density at radius 3 is 2.44 bits per heavy atom. The summed E-state index contributed by atoms with van der Waals surface area (Å²) in [5.74, 6) is 2.83. The molecule has 2 aliphatic heterocycles. The van der Waals surface area contributed by atoms with Crippen LogP contribution in [0.25, 0.3) is 0 Å². The smallest absolute Gasteiger partial charge is 0.268 e. The summed E-state index contributed by atoms with van der Waals surface area (Å²) < 4.78 is 17.5. The maximum absolute atomic E-state index is 13.0. The topological polar surface area (TPSA) is 51.2 Å². The van der Waals surface area contributed by atoms with Gasteiger partial charge in [-0.15, -0.1) is 0 Å². The lowest BCUT2D eigenvalue weighted by atomic mass is 10.1. The number of carbonyl (C=O) groups excluding carboxylic acids is 1. The van der Waals surface area contributed by atoms with E-state index in [0.29, 0.717) is 31.1 Å². The molecule has 1 saturated carbocycles. The van der Waals surface area contributed by atoms with Gasteiger partial charge in [0.1, 0.15) is 12.4 Å². The predicted octanol–water partition coefficient (Wildman–Crippen LogP) is 4.23. The lowest BCUT2D eigenvalue weighted by Gasteiger charge is -2.20. The van der Waals surface area contributed by atoms with Crippen LogP contribution in [0, 0.1) is 0 Å². The third kappa shape index (κ3) is 4.70. The molecule has 3 aliphatic rings. The van der Waals surface area contributed by atoms with Gasteiger partial charge in [-0.2, -0.15) is 0 Å². The normalized spacial score (nSPS) is 21.2. The van der Waals surface area contributed by atoms with Gasteiger partial charge < -0.3 is 19.1 Å². The van der Waals surface area contributed by atoms with Crippen molar-refractivity contribution in [2.24, 2.45) is 0 Å². The van der Waals surface area contributed by atoms with Crippen molar-refractivity contribution < 1.29 is 19.0 Å². The molecule has 0 aromatic heterocycles. The Labute approximate surface area is 190 Å². The molecule has 0 spiro atoms. The van der Waals surface area contributed by atoms with Gasteiger partial charge in [-0.05, 0) is 74.5 Å². The highest BCUT2D eigenvalue weighted by molar-refractivity contribution is 5.99. The van der Waals surface area contributed by atoms with Crippen LogP contribution in [0.1, 0.15) is 43.6 Å². The summed E-state index contributed by atoms with van der Waals surface area (Å²) in [5.41, 5.74) is 2.18. The highest BCUT2D eigenvalue weighted by Crippen LogP contribution is 2.40. The molecule has 2 saturated heterocycles. The van der Waals surface area contributed by atoms with Crippen LogP contribution in [-0.2, 0) is 4.79 Å². The van der Waals surface area contributed by atoms with E-state index >= 15 is 0 Å². The lowest BCUT2D eigenvalue weighted by molar-refractivity contribution is -0.122. The van der Waals surface area contributed by atoms with Gasteiger partial charge in [-0.1, -0.05) is 12.1 Å². The second-order valence-electron chi connectivity index (χ2n) is 8.96. The van der Waals surface area contributed by atoms with E-state index in [0.717, 1.165) is 37.0 Å². The number of methoxy groups -OCH3 is 1. The van der Waals surface area contributed by atoms with Crippen LogP contribution in [0.5, 0.6) is 17.2 Å². The van der Waals surface area contributed by atoms with Gasteiger partial charge in [0.25, 0.3) is 5.91 Å². The molecule has 6 nitrogen and oxygen atoms in total. The molecular weight excluding hydrogens is 404 g/mol. The Morgan fingerprint density at radius 2 is 1.72 bits per heavy atom. The van der Waals surface area contributed by atoms with Crippen molar-refractivity contribution in [3.8, 4) is 17.2 Å². The average Bonchev–Trinajstić information content (AvgIpc) is 3.43. The number of carbonyl (C=O) groups is 1. The van der Waals surface area contributed by atoms with Gasteiger partial charge in [0, 0.05) is 31.3 Å². The fourth-order valence-electron chi connectivity index (χ4n) is 4.65. The molecule has 32 heavy (non-hydrogen) atoms. The quantitative estimate of drug-likeness (QED) is 0.589. The summed E-state index contributed by atoms with van der Waals surface area (Å²) in [6, 6.07) is 13.9. The molecule has 3 fully saturated rings. The standard InChI is InChI=1S/C26H32N2O4/c1-30-25-18-21(8-11-23(25)31-17-16-27-13-2-3-14-27)28-15-12-24(26(28)29)32-22-9-6-20(7-10-22)19-4-5-19/h6-11,18-19,24H,2-5,12-17H2,1H3. The number of hydrogen-bond donors (Lipinski definition) is 0. The molecular formula is C26H32N2O4. The number of likely N-dealkylation sites (tertiary alicyclic amines) is 1. The zero-order valence-electron chi connectivity index (χ0n) is 18.8. The van der Waals surface area contributed by atoms with Crippen molar-refractivity contribution >= 4 is 11.6 Å². The van der Waals surface area contributed by atoms with Gasteiger partial charge in [0.15, 0.2) is 17.6 Å². The summed E-state index contributed by atoms with van der Waals surface area (Å²) >= 11 is 0. The minimum atomic E-state index is -0.454. The van der Waals surface area contributed by atoms with E-state index in [1.54, 1.807) is 12.0 Å². The SMILES string of the molecule is COc1cc(N2CCC(Oc3ccc(C4CC4)cc3)C2=O)ccc1OCCN1CCCC1. The summed E-state index contributed by atoms with van der Waals surface area (Å²) in [7, 11) is 1.63. The Bertz CT molecular complexity index is 935. The Hall–Kier alpha value is -2.73. The van der Waals surface area contributed by atoms with Crippen molar-refractivity contribution in [2.75, 3.05) is 44.8 Å². The first-order chi connectivity index (χ1) is 15.7. The number of anilines is 1. The lowest BCUT2D eigenvalue weighted by Crippen LogP contribution is -2.32. The van der Waals surface area contributed by atoms with Crippen LogP contribution in [0.3, 0.4) is 0 Å². The second-order valence-corrected chi connectivity index (χ2v) is 8.96. The van der Waals surface area contributed by atoms with E-state index in [2.05, 4.69) is 17.0 Å². The third-order valence-corrected chi connectivity index (χ3v) is 6.69. The van der Waals surface area contributed by atoms with Crippen LogP contribution >= 0.6 is 0 Å². The molecule has 2 aromatic rings. The monoisotopic (exact) mass is 436 g/mol. The van der Waals surface area contributed by atoms with Crippen molar-refractivity contribution in [1.29, 1.82) is 0 Å². The first-order valence-electron chi connectivity index (χ1n) is 11.8. The zero-order valence-corrected chi connectivity index (χ0v) is 18.8. The van der Waals surface area contributed by atoms with Crippen molar-refractivity contribution in [2.45, 2.75) is 44.1 Å². The Kier molecular flexibility index (Phi) is 6.21. The summed E-state index contributed by atoms with van der Waals surface area (Å²) in [6.45, 7) is 4.50. The first kappa shape index (κ1) is 21.1. The number of hydrogen-bond acceptors (Lipinski definition) is 5. The molecule has 1 aliphatic carbocycles. The molecule has 1 unspecified atom stereocenters. The molecule has 5 rings (SSSR count). The number of benzene rings is 2. The summed E-state index contributed by atoms with van der Waals surface area (Å²) in [5, 5.41) is 0. The van der Waals surface area contributed by atoms with E-state index in [1.807, 2.05) is 30.3 Å². The van der Waals surface area contributed by atoms with Crippen molar-refractivity contribution in [3.05, 3.63) is 48.0 Å². The average molecular weight is 437 g/mol. The van der Waals surface area contributed by atoms with Gasteiger partial charge >= 0.3 is 0 Å². The number of ether oxygens (including phenoxy) is 3. The minimum Gasteiger partial charge on any atom is -0.493 e. The van der Waals surface area contributed by atoms with Gasteiger partial charge in [0.05, 0.1) is 7.11 Å². The molecule has 0 N–H and O–H groups in total. The third-order valence-electron chi connectivity index (χ3n) is 6.69. The van der Waals surface area contributed by atoms with Crippen molar-refractivity contribution in [3.63, 3.8) is 0 Å². The maximum Gasteiger partial charge on any atom is 0.268 e. The Morgan fingerprint density at radius 1 is 0.938 bits per heavy atom. The first-order valence-corrected chi connectivity index (χ1v) is 11.8. The van der Waals surface area contributed by atoms with Crippen LogP contribution < -0.4 is 19.1 Å². The molecule has 0 bridgehead atoms. The fourth-order valence-corrected chi connectivity index (χ4v) is 4.65. The molecule has 6 heteroatoms. The number of amides is 1. The van der Waals surface area contributed by atoms with E-state index < -0.39 is 6.10 Å². The van der Waals surface area contributed by atoms with Crippen LogP contribution in [0.15, 0.2) is 42.5 Å². The zero-order chi connectivity index (χ0) is 21.9. The largest absolute Gasteiger partial charge is 0.493 e. The molecule has 0 radical (unpaired) electrons. The van der Waals surface area contributed by atoms with Crippen molar-refractivity contribution in [1.82, 2.24) is 4.90 Å². The molecule has 1 amide bonds. The van der Waals surface area contributed by atoms with E-state index in [4.69, 9.17) is 14.2 Å². The van der Waals surface area contributed by atoms with Crippen LogP contribution in [-0.4, -0.2) is 56.8 Å². The van der Waals surface area contributed by atoms with Gasteiger partial charge in [0.2, 0.25) is 0 Å². The molecule has 1 atom stereocenters. The molecule has 170 valence electrons. The van der Waals surface area contributed by atoms with E-state index in [1.165, 1.54) is 31.2 Å². The van der Waals surface area contributed by atoms with Crippen LogP contribution in [0.2, 0.25) is 0 Å². The predicted molar refractivity (Wildman–Crippen MR) is 124 cm³/mol. The number of rotatable bonds is 9. The van der Waals surface area contributed by atoms with Gasteiger partial charge in [-0.3, -0.25) is 9.69 Å². The van der Waals surface area contributed by atoms with E-state index in [-0.39, 0.29) is 5.91 Å². The van der Waals surface area contributed by atoms with E-state index in [9.17, 15) is 4.79 Å². The fraction of sp³-hybridized carbons (Fsp3) is 0.500. The molecule has 2 aromatic carbocycles. The molecule has 2 heterocycles. The van der Waals surface area contributed by atoms with Gasteiger partial charge in [-0.25, -0.2) is 0 Å². The maximum atomic E-state index is 13.0. The summed E-state index contributed by atoms with van der Waals surface area (Å²) in [4.78, 5) is 17.2.